The van der Waals surface area contributed by atoms with Gasteiger partial charge in [0.05, 0.1) is 31.8 Å². The van der Waals surface area contributed by atoms with Crippen molar-refractivity contribution in [1.82, 2.24) is 26.6 Å². The van der Waals surface area contributed by atoms with Crippen LogP contribution in [0.5, 0.6) is 0 Å². The maximum absolute atomic E-state index is 13.8. The number of hydrogen-bond acceptors (Lipinski definition) is 10. The van der Waals surface area contributed by atoms with Crippen molar-refractivity contribution in [2.45, 2.75) is 180 Å². The number of hydrogen-bond donors (Lipinski definition) is 10. The molecule has 0 aliphatic rings. The number of aliphatic hydroxyl groups is 3. The van der Waals surface area contributed by atoms with E-state index in [0.717, 1.165) is 44.9 Å². The predicted molar refractivity (Wildman–Crippen MR) is 203 cm³/mol. The van der Waals surface area contributed by atoms with Gasteiger partial charge < -0.3 is 53.4 Å². The van der Waals surface area contributed by atoms with Crippen LogP contribution in [0, 0.1) is 5.92 Å². The molecule has 16 heteroatoms. The van der Waals surface area contributed by atoms with Crippen LogP contribution in [0.1, 0.15) is 137 Å². The summed E-state index contributed by atoms with van der Waals surface area (Å²) in [6.45, 7) is 7.94. The number of primary amides is 1. The number of carbonyl (C=O) groups is 6. The Hall–Kier alpha value is -3.34. The molecule has 0 saturated heterocycles. The van der Waals surface area contributed by atoms with Gasteiger partial charge in [-0.15, -0.1) is 0 Å². The molecule has 0 aliphatic heterocycles. The van der Waals surface area contributed by atoms with E-state index in [0.29, 0.717) is 19.3 Å². The summed E-state index contributed by atoms with van der Waals surface area (Å²) in [4.78, 5) is 78.3. The van der Waals surface area contributed by atoms with Crippen LogP contribution < -0.4 is 38.1 Å². The maximum atomic E-state index is 13.8. The van der Waals surface area contributed by atoms with E-state index in [1.165, 1.54) is 32.6 Å². The second-order valence-corrected chi connectivity index (χ2v) is 14.2. The minimum Gasteiger partial charge on any atom is -0.394 e. The van der Waals surface area contributed by atoms with E-state index in [1.54, 1.807) is 13.8 Å². The molecule has 0 radical (unpaired) electrons. The highest BCUT2D eigenvalue weighted by molar-refractivity contribution is 5.97. The molecular formula is C37H71N7O9. The van der Waals surface area contributed by atoms with Crippen LogP contribution in [0.3, 0.4) is 0 Å². The largest absolute Gasteiger partial charge is 0.394 e. The lowest BCUT2D eigenvalue weighted by atomic mass is 9.96. The lowest BCUT2D eigenvalue weighted by Gasteiger charge is -2.30. The Morgan fingerprint density at radius 1 is 0.566 bits per heavy atom. The van der Waals surface area contributed by atoms with Crippen LogP contribution in [0.25, 0.3) is 0 Å². The van der Waals surface area contributed by atoms with E-state index in [1.807, 2.05) is 6.92 Å². The highest BCUT2D eigenvalue weighted by Gasteiger charge is 2.35. The van der Waals surface area contributed by atoms with Gasteiger partial charge in [0.1, 0.15) is 30.2 Å². The van der Waals surface area contributed by atoms with Gasteiger partial charge in [-0.05, 0) is 25.7 Å². The SMILES string of the molecule is CCCCCCCCCCC(CO)NC(=O)C(CC(N)=O)NC(=O)C(CCCCCC)NC(=O)C(NC(=O)C(NC(=O)C(N)CO)C(C)O)C(C)CC. The van der Waals surface area contributed by atoms with Crippen molar-refractivity contribution in [3.63, 3.8) is 0 Å². The van der Waals surface area contributed by atoms with E-state index in [-0.39, 0.29) is 13.0 Å². The van der Waals surface area contributed by atoms with Crippen molar-refractivity contribution >= 4 is 35.4 Å². The average molecular weight is 758 g/mol. The van der Waals surface area contributed by atoms with Gasteiger partial charge in [0.25, 0.3) is 0 Å². The number of aliphatic hydroxyl groups excluding tert-OH is 3. The smallest absolute Gasteiger partial charge is 0.245 e. The van der Waals surface area contributed by atoms with E-state index < -0.39 is 96.7 Å². The number of carbonyl (C=O) groups excluding carboxylic acids is 6. The highest BCUT2D eigenvalue weighted by atomic mass is 16.3. The summed E-state index contributed by atoms with van der Waals surface area (Å²) in [5.74, 6) is -5.20. The fourth-order valence-electron chi connectivity index (χ4n) is 5.72. The van der Waals surface area contributed by atoms with Crippen molar-refractivity contribution < 1.29 is 44.1 Å². The monoisotopic (exact) mass is 758 g/mol. The Bertz CT molecular complexity index is 1090. The zero-order valence-corrected chi connectivity index (χ0v) is 32.8. The summed E-state index contributed by atoms with van der Waals surface area (Å²) < 4.78 is 0. The molecule has 0 aromatic carbocycles. The van der Waals surface area contributed by atoms with Crippen molar-refractivity contribution in [1.29, 1.82) is 0 Å². The lowest BCUT2D eigenvalue weighted by Crippen LogP contribution is -2.62. The quantitative estimate of drug-likeness (QED) is 0.0438. The Balaban J connectivity index is 5.91. The molecule has 12 N–H and O–H groups in total. The second-order valence-electron chi connectivity index (χ2n) is 14.2. The molecule has 6 amide bonds. The zero-order chi connectivity index (χ0) is 40.3. The molecule has 8 atom stereocenters. The number of nitrogens with two attached hydrogens (primary N) is 2. The van der Waals surface area contributed by atoms with E-state index in [4.69, 9.17) is 11.5 Å². The average Bonchev–Trinajstić information content (AvgIpc) is 3.12. The molecule has 0 aromatic heterocycles. The Kier molecular flexibility index (Phi) is 27.2. The minimum absolute atomic E-state index is 0.187. The van der Waals surface area contributed by atoms with Crippen molar-refractivity contribution in [2.75, 3.05) is 13.2 Å². The van der Waals surface area contributed by atoms with Crippen molar-refractivity contribution in [2.24, 2.45) is 17.4 Å². The second kappa shape index (κ2) is 29.1. The molecule has 0 rings (SSSR count). The van der Waals surface area contributed by atoms with Gasteiger partial charge in [0.15, 0.2) is 0 Å². The first-order valence-electron chi connectivity index (χ1n) is 19.6. The molecule has 0 heterocycles. The molecule has 16 nitrogen and oxygen atoms in total. The molecule has 53 heavy (non-hydrogen) atoms. The predicted octanol–water partition coefficient (Wildman–Crippen LogP) is 0.526. The summed E-state index contributed by atoms with van der Waals surface area (Å²) in [6, 6.07) is -7.16. The summed E-state index contributed by atoms with van der Waals surface area (Å²) >= 11 is 0. The van der Waals surface area contributed by atoms with Gasteiger partial charge >= 0.3 is 0 Å². The van der Waals surface area contributed by atoms with Gasteiger partial charge in [-0.2, -0.15) is 0 Å². The van der Waals surface area contributed by atoms with Crippen LogP contribution in [0.15, 0.2) is 0 Å². The summed E-state index contributed by atoms with van der Waals surface area (Å²) in [6.07, 6.45) is 11.1. The summed E-state index contributed by atoms with van der Waals surface area (Å²) in [7, 11) is 0. The number of amides is 6. The summed E-state index contributed by atoms with van der Waals surface area (Å²) in [5, 5.41) is 42.2. The topological polar surface area (TPSA) is 275 Å². The zero-order valence-electron chi connectivity index (χ0n) is 32.8. The lowest BCUT2D eigenvalue weighted by molar-refractivity contribution is -0.137. The van der Waals surface area contributed by atoms with E-state index >= 15 is 0 Å². The first-order chi connectivity index (χ1) is 25.2. The molecule has 0 spiro atoms. The van der Waals surface area contributed by atoms with Gasteiger partial charge in [0.2, 0.25) is 35.4 Å². The van der Waals surface area contributed by atoms with Crippen molar-refractivity contribution in [3.05, 3.63) is 0 Å². The van der Waals surface area contributed by atoms with Crippen molar-refractivity contribution in [3.8, 4) is 0 Å². The van der Waals surface area contributed by atoms with E-state index in [2.05, 4.69) is 33.5 Å². The minimum atomic E-state index is -1.50. The van der Waals surface area contributed by atoms with Gasteiger partial charge in [-0.3, -0.25) is 28.8 Å². The Morgan fingerprint density at radius 2 is 1.04 bits per heavy atom. The molecular weight excluding hydrogens is 686 g/mol. The molecule has 0 aromatic rings. The van der Waals surface area contributed by atoms with Crippen LogP contribution in [-0.4, -0.2) is 106 Å². The third-order valence-electron chi connectivity index (χ3n) is 9.38. The standard InChI is InChI=1S/C37H71N7O9/c1-6-9-11-13-14-15-16-17-19-26(22-45)40-35(51)29(21-30(39)48)42-34(50)28(20-18-12-10-7-2)41-36(52)31(24(4)8-3)43-37(53)32(25(5)47)44-33(49)27(38)23-46/h24-29,31-32,45-47H,6-23,38H2,1-5H3,(H2,39,48)(H,40,51)(H,41,52)(H,42,50)(H,43,53)(H,44,49). The van der Waals surface area contributed by atoms with E-state index in [9.17, 15) is 44.1 Å². The first kappa shape index (κ1) is 49.7. The third-order valence-corrected chi connectivity index (χ3v) is 9.38. The Morgan fingerprint density at radius 3 is 1.55 bits per heavy atom. The molecule has 308 valence electrons. The molecule has 8 unspecified atom stereocenters. The number of unbranched alkanes of at least 4 members (excludes halogenated alkanes) is 10. The molecule has 0 bridgehead atoms. The van der Waals surface area contributed by atoms with Crippen LogP contribution in [-0.2, 0) is 28.8 Å². The fraction of sp³-hybridized carbons (Fsp3) is 0.838. The molecule has 0 saturated carbocycles. The normalized spacial score (nSPS) is 15.8. The highest BCUT2D eigenvalue weighted by Crippen LogP contribution is 2.13. The molecule has 0 aliphatic carbocycles. The maximum Gasteiger partial charge on any atom is 0.245 e. The van der Waals surface area contributed by atoms with Gasteiger partial charge in [0, 0.05) is 0 Å². The van der Waals surface area contributed by atoms with Crippen LogP contribution in [0.2, 0.25) is 0 Å². The number of rotatable bonds is 31. The fourth-order valence-corrected chi connectivity index (χ4v) is 5.72. The van der Waals surface area contributed by atoms with Gasteiger partial charge in [-0.25, -0.2) is 0 Å². The molecule has 0 fully saturated rings. The first-order valence-corrected chi connectivity index (χ1v) is 19.6. The summed E-state index contributed by atoms with van der Waals surface area (Å²) in [5.41, 5.74) is 11.0. The Labute approximate surface area is 316 Å². The van der Waals surface area contributed by atoms with Crippen LogP contribution in [0.4, 0.5) is 0 Å². The third kappa shape index (κ3) is 21.2. The van der Waals surface area contributed by atoms with Gasteiger partial charge in [-0.1, -0.05) is 111 Å². The number of nitrogens with one attached hydrogen (secondary N) is 5. The van der Waals surface area contributed by atoms with Crippen LogP contribution >= 0.6 is 0 Å².